The molecule has 1 fully saturated rings. The lowest BCUT2D eigenvalue weighted by Crippen LogP contribution is -2.31. The number of aromatic nitrogens is 2. The van der Waals surface area contributed by atoms with E-state index in [4.69, 9.17) is 9.72 Å². The van der Waals surface area contributed by atoms with Gasteiger partial charge in [-0.3, -0.25) is 14.2 Å². The predicted molar refractivity (Wildman–Crippen MR) is 151 cm³/mol. The van der Waals surface area contributed by atoms with Gasteiger partial charge in [-0.15, -0.1) is 0 Å². The average molecular weight is 522 g/mol. The number of rotatable bonds is 11. The number of fused-ring (bicyclic) bond motifs is 1. The van der Waals surface area contributed by atoms with Crippen LogP contribution in [0.25, 0.3) is 10.9 Å². The maximum atomic E-state index is 13.3. The second-order valence-corrected chi connectivity index (χ2v) is 11.8. The second kappa shape index (κ2) is 12.7. The zero-order valence-electron chi connectivity index (χ0n) is 22.3. The maximum Gasteiger partial charge on any atom is 0.262 e. The van der Waals surface area contributed by atoms with Gasteiger partial charge in [0, 0.05) is 31.9 Å². The summed E-state index contributed by atoms with van der Waals surface area (Å²) in [6.07, 6.45) is 5.28. The molecule has 1 N–H and O–H groups in total. The van der Waals surface area contributed by atoms with Crippen LogP contribution in [-0.4, -0.2) is 34.7 Å². The van der Waals surface area contributed by atoms with Gasteiger partial charge in [-0.05, 0) is 54.4 Å². The summed E-state index contributed by atoms with van der Waals surface area (Å²) in [4.78, 5) is 30.3. The van der Waals surface area contributed by atoms with E-state index in [1.807, 2.05) is 28.8 Å². The van der Waals surface area contributed by atoms with E-state index in [1.54, 1.807) is 11.8 Å². The zero-order chi connectivity index (χ0) is 26.3. The van der Waals surface area contributed by atoms with Crippen molar-refractivity contribution in [2.24, 2.45) is 0 Å². The van der Waals surface area contributed by atoms with Gasteiger partial charge >= 0.3 is 0 Å². The molecule has 1 aromatic heterocycles. The number of para-hydroxylation sites is 1. The Labute approximate surface area is 224 Å². The van der Waals surface area contributed by atoms with E-state index < -0.39 is 0 Å². The minimum Gasteiger partial charge on any atom is -0.376 e. The standard InChI is InChI=1S/C30H39N3O3S/c1-30(2,3)23-16-14-22(15-17-23)21-37-29-32-26-12-7-6-11-25(26)28(35)33(29)18-8-4-5-13-27(34)31-20-24-10-9-19-36-24/h6-7,11-12,14-17,24H,4-5,8-10,13,18-21H2,1-3H3,(H,31,34)/t24-/m0/s1. The second-order valence-electron chi connectivity index (χ2n) is 10.9. The third-order valence-electron chi connectivity index (χ3n) is 6.85. The molecule has 2 aromatic carbocycles. The summed E-state index contributed by atoms with van der Waals surface area (Å²) in [5.41, 5.74) is 3.38. The number of benzene rings is 2. The molecule has 0 spiro atoms. The van der Waals surface area contributed by atoms with E-state index in [0.29, 0.717) is 24.9 Å². The largest absolute Gasteiger partial charge is 0.376 e. The molecule has 2 heterocycles. The van der Waals surface area contributed by atoms with Crippen LogP contribution in [0.2, 0.25) is 0 Å². The molecule has 1 aliphatic rings. The summed E-state index contributed by atoms with van der Waals surface area (Å²) >= 11 is 1.61. The normalized spacial score (nSPS) is 15.8. The Kier molecular flexibility index (Phi) is 9.43. The minimum atomic E-state index is 0.00508. The van der Waals surface area contributed by atoms with Crippen LogP contribution in [0.1, 0.15) is 70.4 Å². The molecule has 0 bridgehead atoms. The first-order valence-electron chi connectivity index (χ1n) is 13.4. The fourth-order valence-electron chi connectivity index (χ4n) is 4.56. The lowest BCUT2D eigenvalue weighted by atomic mass is 9.87. The van der Waals surface area contributed by atoms with Gasteiger partial charge in [0.15, 0.2) is 5.16 Å². The fourth-order valence-corrected chi connectivity index (χ4v) is 5.54. The number of thioether (sulfide) groups is 1. The Bertz CT molecular complexity index is 1240. The fraction of sp³-hybridized carbons (Fsp3) is 0.500. The molecule has 3 aromatic rings. The molecule has 7 heteroatoms. The zero-order valence-corrected chi connectivity index (χ0v) is 23.1. The van der Waals surface area contributed by atoms with Crippen molar-refractivity contribution in [3.05, 3.63) is 70.0 Å². The predicted octanol–water partition coefficient (Wildman–Crippen LogP) is 5.84. The molecule has 1 saturated heterocycles. The Morgan fingerprint density at radius 2 is 1.89 bits per heavy atom. The first-order valence-corrected chi connectivity index (χ1v) is 14.4. The molecular formula is C30H39N3O3S. The number of nitrogens with zero attached hydrogens (tertiary/aromatic N) is 2. The summed E-state index contributed by atoms with van der Waals surface area (Å²) in [6, 6.07) is 16.3. The number of carbonyl (C=O) groups excluding carboxylic acids is 1. The lowest BCUT2D eigenvalue weighted by Gasteiger charge is -2.19. The molecule has 4 rings (SSSR count). The summed E-state index contributed by atoms with van der Waals surface area (Å²) in [6.45, 7) is 8.65. The first kappa shape index (κ1) is 27.4. The summed E-state index contributed by atoms with van der Waals surface area (Å²) in [7, 11) is 0. The average Bonchev–Trinajstić information content (AvgIpc) is 3.41. The van der Waals surface area contributed by atoms with Gasteiger partial charge in [-0.2, -0.15) is 0 Å². The van der Waals surface area contributed by atoms with Crippen LogP contribution in [-0.2, 0) is 27.2 Å². The van der Waals surface area contributed by atoms with Crippen molar-refractivity contribution in [3.63, 3.8) is 0 Å². The van der Waals surface area contributed by atoms with E-state index in [-0.39, 0.29) is 23.0 Å². The highest BCUT2D eigenvalue weighted by molar-refractivity contribution is 7.98. The van der Waals surface area contributed by atoms with Crippen LogP contribution in [0.15, 0.2) is 58.5 Å². The summed E-state index contributed by atoms with van der Waals surface area (Å²) in [5.74, 6) is 0.828. The van der Waals surface area contributed by atoms with Crippen LogP contribution in [0.5, 0.6) is 0 Å². The van der Waals surface area contributed by atoms with E-state index in [2.05, 4.69) is 50.4 Å². The molecule has 1 atom stereocenters. The number of hydrogen-bond acceptors (Lipinski definition) is 5. The Morgan fingerprint density at radius 1 is 1.11 bits per heavy atom. The van der Waals surface area contributed by atoms with E-state index in [0.717, 1.165) is 55.1 Å². The molecule has 198 valence electrons. The van der Waals surface area contributed by atoms with Gasteiger partial charge in [0.2, 0.25) is 5.91 Å². The number of nitrogens with one attached hydrogen (secondary N) is 1. The van der Waals surface area contributed by atoms with Crippen molar-refractivity contribution < 1.29 is 9.53 Å². The Morgan fingerprint density at radius 3 is 2.62 bits per heavy atom. The smallest absolute Gasteiger partial charge is 0.262 e. The van der Waals surface area contributed by atoms with Gasteiger partial charge < -0.3 is 10.1 Å². The van der Waals surface area contributed by atoms with Gasteiger partial charge in [0.05, 0.1) is 17.0 Å². The third-order valence-corrected chi connectivity index (χ3v) is 7.90. The molecule has 1 aliphatic heterocycles. The number of unbranched alkanes of at least 4 members (excludes halogenated alkanes) is 2. The van der Waals surface area contributed by atoms with Crippen LogP contribution < -0.4 is 10.9 Å². The minimum absolute atomic E-state index is 0.00508. The topological polar surface area (TPSA) is 73.2 Å². The first-order chi connectivity index (χ1) is 17.8. The SMILES string of the molecule is CC(C)(C)c1ccc(CSc2nc3ccccc3c(=O)n2CCCCCC(=O)NC[C@@H]2CCCO2)cc1. The van der Waals surface area contributed by atoms with Crippen molar-refractivity contribution in [2.45, 2.75) is 88.3 Å². The van der Waals surface area contributed by atoms with Crippen molar-refractivity contribution >= 4 is 28.6 Å². The van der Waals surface area contributed by atoms with Crippen LogP contribution in [0, 0.1) is 0 Å². The maximum absolute atomic E-state index is 13.3. The molecule has 37 heavy (non-hydrogen) atoms. The number of ether oxygens (including phenoxy) is 1. The number of carbonyl (C=O) groups is 1. The molecule has 6 nitrogen and oxygen atoms in total. The molecule has 0 radical (unpaired) electrons. The third kappa shape index (κ3) is 7.68. The highest BCUT2D eigenvalue weighted by atomic mass is 32.2. The van der Waals surface area contributed by atoms with E-state index >= 15 is 0 Å². The highest BCUT2D eigenvalue weighted by Crippen LogP contribution is 2.26. The molecule has 1 amide bonds. The summed E-state index contributed by atoms with van der Waals surface area (Å²) in [5, 5.41) is 4.38. The van der Waals surface area contributed by atoms with Crippen molar-refractivity contribution in [1.29, 1.82) is 0 Å². The van der Waals surface area contributed by atoms with Crippen molar-refractivity contribution in [3.8, 4) is 0 Å². The highest BCUT2D eigenvalue weighted by Gasteiger charge is 2.16. The van der Waals surface area contributed by atoms with Gasteiger partial charge in [0.1, 0.15) is 0 Å². The molecule has 0 saturated carbocycles. The Balaban J connectivity index is 1.35. The molecular weight excluding hydrogens is 482 g/mol. The van der Waals surface area contributed by atoms with E-state index in [9.17, 15) is 9.59 Å². The quantitative estimate of drug-likeness (QED) is 0.195. The number of amides is 1. The van der Waals surface area contributed by atoms with Gasteiger partial charge in [0.25, 0.3) is 5.56 Å². The van der Waals surface area contributed by atoms with Crippen LogP contribution in [0.3, 0.4) is 0 Å². The molecule has 0 unspecified atom stereocenters. The number of hydrogen-bond donors (Lipinski definition) is 1. The van der Waals surface area contributed by atoms with Crippen molar-refractivity contribution in [2.75, 3.05) is 13.2 Å². The van der Waals surface area contributed by atoms with E-state index in [1.165, 1.54) is 11.1 Å². The van der Waals surface area contributed by atoms with Crippen LogP contribution in [0.4, 0.5) is 0 Å². The summed E-state index contributed by atoms with van der Waals surface area (Å²) < 4.78 is 7.37. The van der Waals surface area contributed by atoms with Gasteiger partial charge in [-0.1, -0.05) is 75.4 Å². The van der Waals surface area contributed by atoms with Crippen molar-refractivity contribution in [1.82, 2.24) is 14.9 Å². The van der Waals surface area contributed by atoms with Gasteiger partial charge in [-0.25, -0.2) is 4.98 Å². The Hall–Kier alpha value is -2.64. The lowest BCUT2D eigenvalue weighted by molar-refractivity contribution is -0.121. The van der Waals surface area contributed by atoms with Crippen LogP contribution >= 0.6 is 11.8 Å². The monoisotopic (exact) mass is 521 g/mol. The molecule has 0 aliphatic carbocycles.